The number of amides is 1. The minimum absolute atomic E-state index is 0.110. The summed E-state index contributed by atoms with van der Waals surface area (Å²) in [7, 11) is 4.09. The van der Waals surface area contributed by atoms with Crippen LogP contribution in [0.5, 0.6) is 0 Å². The van der Waals surface area contributed by atoms with Gasteiger partial charge in [-0.25, -0.2) is 0 Å². The summed E-state index contributed by atoms with van der Waals surface area (Å²) >= 11 is 0. The molecule has 0 spiro atoms. The van der Waals surface area contributed by atoms with E-state index in [-0.39, 0.29) is 5.91 Å². The minimum atomic E-state index is 0.110. The van der Waals surface area contributed by atoms with E-state index in [2.05, 4.69) is 52.7 Å². The molecule has 2 rings (SSSR count). The van der Waals surface area contributed by atoms with Crippen molar-refractivity contribution < 1.29 is 4.79 Å². The molecule has 5 nitrogen and oxygen atoms in total. The fraction of sp³-hybridized carbons (Fsp3) is 0.571. The Balaban J connectivity index is 1.72. The van der Waals surface area contributed by atoms with Crippen LogP contribution < -0.4 is 10.6 Å². The Bertz CT molecular complexity index is 791. The first-order valence-corrected chi connectivity index (χ1v) is 12.8. The first-order chi connectivity index (χ1) is 16.1. The lowest BCUT2D eigenvalue weighted by Gasteiger charge is -2.16. The number of aromatic nitrogens is 1. The van der Waals surface area contributed by atoms with Crippen molar-refractivity contribution in [3.8, 4) is 11.1 Å². The van der Waals surface area contributed by atoms with E-state index in [9.17, 15) is 4.79 Å². The Hall–Kier alpha value is -2.24. The summed E-state index contributed by atoms with van der Waals surface area (Å²) < 4.78 is 0. The van der Waals surface area contributed by atoms with E-state index in [1.165, 1.54) is 50.5 Å². The Kier molecular flexibility index (Phi) is 13.4. The Labute approximate surface area is 201 Å². The number of pyridine rings is 1. The third-order valence-electron chi connectivity index (χ3n) is 6.00. The third-order valence-corrected chi connectivity index (χ3v) is 6.00. The molecule has 2 aromatic rings. The number of hydrogen-bond acceptors (Lipinski definition) is 4. The molecule has 0 unspecified atom stereocenters. The molecule has 1 aromatic heterocycles. The second kappa shape index (κ2) is 16.4. The normalized spacial score (nSPS) is 11.2. The largest absolute Gasteiger partial charge is 0.326 e. The van der Waals surface area contributed by atoms with Gasteiger partial charge in [0.2, 0.25) is 5.91 Å². The fourth-order valence-corrected chi connectivity index (χ4v) is 3.99. The molecule has 33 heavy (non-hydrogen) atoms. The fourth-order valence-electron chi connectivity index (χ4n) is 3.99. The zero-order valence-electron chi connectivity index (χ0n) is 21.0. The van der Waals surface area contributed by atoms with E-state index in [4.69, 9.17) is 0 Å². The number of rotatable bonds is 17. The Morgan fingerprint density at radius 1 is 0.909 bits per heavy atom. The van der Waals surface area contributed by atoms with Gasteiger partial charge in [0.1, 0.15) is 0 Å². The number of likely N-dealkylation sites (N-methyl/N-ethyl adjacent to an activating group) is 2. The second-order valence-electron chi connectivity index (χ2n) is 9.13. The molecule has 0 aliphatic rings. The van der Waals surface area contributed by atoms with Crippen LogP contribution in [0.4, 0.5) is 5.69 Å². The molecule has 0 saturated heterocycles. The van der Waals surface area contributed by atoms with Gasteiger partial charge in [-0.3, -0.25) is 9.78 Å². The van der Waals surface area contributed by atoms with Crippen LogP contribution in [0.2, 0.25) is 0 Å². The molecule has 0 aliphatic carbocycles. The number of benzene rings is 1. The topological polar surface area (TPSA) is 57.3 Å². The molecule has 2 N–H and O–H groups in total. The maximum atomic E-state index is 12.3. The molecular weight excluding hydrogens is 408 g/mol. The zero-order chi connectivity index (χ0) is 23.7. The molecule has 0 radical (unpaired) electrons. The molecule has 0 saturated carbocycles. The number of carbonyl (C=O) groups excluding carboxylic acids is 1. The SMILES string of the molecule is CCCCCCCCCCCC(=O)Nc1ccc(-c2cncc(CN(C)CCNC)c2)cc1. The lowest BCUT2D eigenvalue weighted by Crippen LogP contribution is -2.26. The monoisotopic (exact) mass is 452 g/mol. The predicted molar refractivity (Wildman–Crippen MR) is 140 cm³/mol. The van der Waals surface area contributed by atoms with Gasteiger partial charge in [0.25, 0.3) is 0 Å². The standard InChI is InChI=1S/C28H44N4O/c1-4-5-6-7-8-9-10-11-12-13-28(33)31-27-16-14-25(15-17-27)26-20-24(21-30-22-26)23-32(3)19-18-29-2/h14-17,20-22,29H,4-13,18-19,23H2,1-3H3,(H,31,33). The summed E-state index contributed by atoms with van der Waals surface area (Å²) in [6.45, 7) is 5.09. The van der Waals surface area contributed by atoms with Gasteiger partial charge in [0.05, 0.1) is 0 Å². The van der Waals surface area contributed by atoms with Crippen molar-refractivity contribution in [1.29, 1.82) is 0 Å². The van der Waals surface area contributed by atoms with Gasteiger partial charge in [0.15, 0.2) is 0 Å². The predicted octanol–water partition coefficient (Wildman–Crippen LogP) is 6.26. The smallest absolute Gasteiger partial charge is 0.224 e. The molecule has 1 aromatic carbocycles. The van der Waals surface area contributed by atoms with Crippen molar-refractivity contribution in [3.05, 3.63) is 48.3 Å². The van der Waals surface area contributed by atoms with Crippen LogP contribution in [0, 0.1) is 0 Å². The summed E-state index contributed by atoms with van der Waals surface area (Å²) in [5, 5.41) is 6.22. The second-order valence-corrected chi connectivity index (χ2v) is 9.13. The molecule has 0 atom stereocenters. The summed E-state index contributed by atoms with van der Waals surface area (Å²) in [6, 6.07) is 10.3. The lowest BCUT2D eigenvalue weighted by atomic mass is 10.1. The maximum absolute atomic E-state index is 12.3. The number of nitrogens with one attached hydrogen (secondary N) is 2. The van der Waals surface area contributed by atoms with Crippen LogP contribution in [-0.4, -0.2) is 43.0 Å². The van der Waals surface area contributed by atoms with Crippen LogP contribution in [-0.2, 0) is 11.3 Å². The summed E-state index contributed by atoms with van der Waals surface area (Å²) in [4.78, 5) is 19.0. The van der Waals surface area contributed by atoms with Gasteiger partial charge in [0, 0.05) is 49.7 Å². The zero-order valence-corrected chi connectivity index (χ0v) is 21.0. The third kappa shape index (κ3) is 11.4. The van der Waals surface area contributed by atoms with Crippen LogP contribution in [0.3, 0.4) is 0 Å². The lowest BCUT2D eigenvalue weighted by molar-refractivity contribution is -0.116. The van der Waals surface area contributed by atoms with E-state index in [1.807, 2.05) is 31.6 Å². The van der Waals surface area contributed by atoms with Gasteiger partial charge in [-0.15, -0.1) is 0 Å². The number of carbonyl (C=O) groups is 1. The average molecular weight is 453 g/mol. The maximum Gasteiger partial charge on any atom is 0.224 e. The quantitative estimate of drug-likeness (QED) is 0.278. The highest BCUT2D eigenvalue weighted by atomic mass is 16.1. The van der Waals surface area contributed by atoms with E-state index in [1.54, 1.807) is 0 Å². The van der Waals surface area contributed by atoms with E-state index >= 15 is 0 Å². The highest BCUT2D eigenvalue weighted by molar-refractivity contribution is 5.90. The molecule has 0 fully saturated rings. The van der Waals surface area contributed by atoms with Gasteiger partial charge in [-0.05, 0) is 49.8 Å². The highest BCUT2D eigenvalue weighted by Crippen LogP contribution is 2.22. The first kappa shape index (κ1) is 27.0. The number of nitrogens with zero attached hydrogens (tertiary/aromatic N) is 2. The number of hydrogen-bond donors (Lipinski definition) is 2. The van der Waals surface area contributed by atoms with Crippen LogP contribution in [0.1, 0.15) is 76.7 Å². The van der Waals surface area contributed by atoms with Crippen LogP contribution in [0.25, 0.3) is 11.1 Å². The summed E-state index contributed by atoms with van der Waals surface area (Å²) in [5.74, 6) is 0.110. The molecule has 182 valence electrons. The average Bonchev–Trinajstić information content (AvgIpc) is 2.82. The van der Waals surface area contributed by atoms with Crippen molar-refractivity contribution in [3.63, 3.8) is 0 Å². The number of anilines is 1. The van der Waals surface area contributed by atoms with Crippen molar-refractivity contribution in [1.82, 2.24) is 15.2 Å². The van der Waals surface area contributed by atoms with Crippen LogP contribution in [0.15, 0.2) is 42.7 Å². The van der Waals surface area contributed by atoms with E-state index in [0.717, 1.165) is 49.3 Å². The Morgan fingerprint density at radius 2 is 1.58 bits per heavy atom. The summed E-state index contributed by atoms with van der Waals surface area (Å²) in [5.41, 5.74) is 4.27. The van der Waals surface area contributed by atoms with Crippen LogP contribution >= 0.6 is 0 Å². The number of unbranched alkanes of at least 4 members (excludes halogenated alkanes) is 8. The van der Waals surface area contributed by atoms with E-state index in [0.29, 0.717) is 6.42 Å². The molecule has 5 heteroatoms. The molecular formula is C28H44N4O. The highest BCUT2D eigenvalue weighted by Gasteiger charge is 2.06. The molecule has 0 aliphatic heterocycles. The van der Waals surface area contributed by atoms with Crippen molar-refractivity contribution in [2.24, 2.45) is 0 Å². The van der Waals surface area contributed by atoms with Gasteiger partial charge < -0.3 is 15.5 Å². The molecule has 1 amide bonds. The first-order valence-electron chi connectivity index (χ1n) is 12.8. The van der Waals surface area contributed by atoms with Gasteiger partial charge >= 0.3 is 0 Å². The summed E-state index contributed by atoms with van der Waals surface area (Å²) in [6.07, 6.45) is 15.8. The van der Waals surface area contributed by atoms with E-state index < -0.39 is 0 Å². The van der Waals surface area contributed by atoms with Crippen molar-refractivity contribution >= 4 is 11.6 Å². The van der Waals surface area contributed by atoms with Gasteiger partial charge in [-0.1, -0.05) is 70.4 Å². The van der Waals surface area contributed by atoms with Crippen molar-refractivity contribution in [2.45, 2.75) is 77.7 Å². The minimum Gasteiger partial charge on any atom is -0.326 e. The molecule has 0 bridgehead atoms. The van der Waals surface area contributed by atoms with Crippen molar-refractivity contribution in [2.75, 3.05) is 32.5 Å². The van der Waals surface area contributed by atoms with Gasteiger partial charge in [-0.2, -0.15) is 0 Å². The Morgan fingerprint density at radius 3 is 2.24 bits per heavy atom. The molecule has 1 heterocycles.